The Hall–Kier alpha value is -1.47. The molecule has 3 aromatic heterocycles. The highest BCUT2D eigenvalue weighted by atomic mass is 35.5. The first-order chi connectivity index (χ1) is 10.5. The minimum Gasteiger partial charge on any atom is -0.467 e. The van der Waals surface area contributed by atoms with E-state index in [1.165, 1.54) is 0 Å². The first-order valence-electron chi connectivity index (χ1n) is 6.80. The molecule has 0 aliphatic carbocycles. The zero-order valence-electron chi connectivity index (χ0n) is 12.3. The molecule has 124 valence electrons. The number of furan rings is 1. The van der Waals surface area contributed by atoms with Gasteiger partial charge in [0.25, 0.3) is 0 Å². The number of rotatable bonds is 5. The standard InChI is InChI=1S/C14H15Cl2N5O.ClH/c1-7(17)5-9-11(15)10-12(18-6-8-3-2-4-22-8)20-14(16)21-13(10)19-9;/h2-4,7H,5-6,17H2,1H3,(H2,18,19,20,21);1H. The fourth-order valence-corrected chi connectivity index (χ4v) is 2.73. The Morgan fingerprint density at radius 2 is 2.17 bits per heavy atom. The van der Waals surface area contributed by atoms with Crippen LogP contribution in [0.15, 0.2) is 22.8 Å². The Balaban J connectivity index is 0.00000192. The summed E-state index contributed by atoms with van der Waals surface area (Å²) in [6, 6.07) is 3.67. The number of fused-ring (bicyclic) bond motifs is 1. The van der Waals surface area contributed by atoms with Gasteiger partial charge in [-0.3, -0.25) is 0 Å². The average Bonchev–Trinajstić information content (AvgIpc) is 3.05. The Morgan fingerprint density at radius 1 is 1.39 bits per heavy atom. The number of hydrogen-bond acceptors (Lipinski definition) is 5. The second kappa shape index (κ2) is 7.40. The quantitative estimate of drug-likeness (QED) is 0.589. The molecular weight excluding hydrogens is 361 g/mol. The van der Waals surface area contributed by atoms with Gasteiger partial charge in [-0.1, -0.05) is 11.6 Å². The summed E-state index contributed by atoms with van der Waals surface area (Å²) in [6.45, 7) is 2.39. The van der Waals surface area contributed by atoms with E-state index in [1.54, 1.807) is 6.26 Å². The van der Waals surface area contributed by atoms with E-state index < -0.39 is 0 Å². The van der Waals surface area contributed by atoms with Crippen LogP contribution in [0.4, 0.5) is 5.82 Å². The van der Waals surface area contributed by atoms with Crippen molar-refractivity contribution in [3.8, 4) is 0 Å². The molecule has 3 rings (SSSR count). The van der Waals surface area contributed by atoms with E-state index in [9.17, 15) is 0 Å². The molecule has 3 heterocycles. The van der Waals surface area contributed by atoms with Gasteiger partial charge in [0.05, 0.1) is 23.2 Å². The van der Waals surface area contributed by atoms with Crippen LogP contribution in [0.1, 0.15) is 18.4 Å². The molecule has 0 aromatic carbocycles. The molecule has 0 spiro atoms. The third-order valence-corrected chi connectivity index (χ3v) is 3.76. The van der Waals surface area contributed by atoms with E-state index in [0.717, 1.165) is 11.5 Å². The number of aromatic nitrogens is 3. The Labute approximate surface area is 149 Å². The van der Waals surface area contributed by atoms with Crippen LogP contribution in [0.3, 0.4) is 0 Å². The smallest absolute Gasteiger partial charge is 0.226 e. The minimum absolute atomic E-state index is 0. The number of hydrogen-bond donors (Lipinski definition) is 3. The van der Waals surface area contributed by atoms with Gasteiger partial charge in [0.15, 0.2) is 0 Å². The SMILES string of the molecule is CC(N)Cc1[nH]c2nc(Cl)nc(NCc3ccco3)c2c1Cl.Cl. The lowest BCUT2D eigenvalue weighted by Gasteiger charge is -2.06. The Bertz CT molecular complexity index is 785. The summed E-state index contributed by atoms with van der Waals surface area (Å²) in [5.41, 5.74) is 7.25. The predicted octanol–water partition coefficient (Wildman–Crippen LogP) is 3.78. The number of nitrogens with one attached hydrogen (secondary N) is 2. The van der Waals surface area contributed by atoms with E-state index in [2.05, 4.69) is 20.3 Å². The van der Waals surface area contributed by atoms with Crippen LogP contribution in [-0.2, 0) is 13.0 Å². The van der Waals surface area contributed by atoms with Gasteiger partial charge >= 0.3 is 0 Å². The lowest BCUT2D eigenvalue weighted by molar-refractivity contribution is 0.518. The third kappa shape index (κ3) is 3.90. The summed E-state index contributed by atoms with van der Waals surface area (Å²) >= 11 is 12.4. The second-order valence-electron chi connectivity index (χ2n) is 5.10. The topological polar surface area (TPSA) is 92.8 Å². The van der Waals surface area contributed by atoms with Crippen molar-refractivity contribution in [1.29, 1.82) is 0 Å². The maximum absolute atomic E-state index is 6.45. The summed E-state index contributed by atoms with van der Waals surface area (Å²) in [5.74, 6) is 1.34. The van der Waals surface area contributed by atoms with E-state index in [4.69, 9.17) is 33.4 Å². The van der Waals surface area contributed by atoms with Gasteiger partial charge in [0.1, 0.15) is 17.2 Å². The molecule has 4 N–H and O–H groups in total. The van der Waals surface area contributed by atoms with E-state index in [0.29, 0.717) is 34.8 Å². The van der Waals surface area contributed by atoms with Crippen LogP contribution in [0.25, 0.3) is 11.0 Å². The van der Waals surface area contributed by atoms with Crippen molar-refractivity contribution >= 4 is 52.5 Å². The van der Waals surface area contributed by atoms with Crippen molar-refractivity contribution in [2.24, 2.45) is 5.73 Å². The maximum atomic E-state index is 6.45. The molecule has 0 amide bonds. The molecule has 9 heteroatoms. The number of anilines is 1. The fraction of sp³-hybridized carbons (Fsp3) is 0.286. The number of nitrogens with zero attached hydrogens (tertiary/aromatic N) is 2. The van der Waals surface area contributed by atoms with E-state index in [1.807, 2.05) is 19.1 Å². The molecular formula is C14H16Cl3N5O. The van der Waals surface area contributed by atoms with Crippen molar-refractivity contribution in [3.05, 3.63) is 40.2 Å². The molecule has 1 unspecified atom stereocenters. The molecule has 0 saturated carbocycles. The maximum Gasteiger partial charge on any atom is 0.226 e. The normalized spacial score (nSPS) is 12.2. The first-order valence-corrected chi connectivity index (χ1v) is 7.55. The highest BCUT2D eigenvalue weighted by Crippen LogP contribution is 2.33. The second-order valence-corrected chi connectivity index (χ2v) is 5.81. The summed E-state index contributed by atoms with van der Waals surface area (Å²) in [5, 5.41) is 4.58. The van der Waals surface area contributed by atoms with Crippen LogP contribution in [0, 0.1) is 0 Å². The van der Waals surface area contributed by atoms with Crippen molar-refractivity contribution in [2.75, 3.05) is 5.32 Å². The molecule has 3 aromatic rings. The molecule has 0 radical (unpaired) electrons. The number of halogens is 3. The average molecular weight is 377 g/mol. The summed E-state index contributed by atoms with van der Waals surface area (Å²) < 4.78 is 5.29. The van der Waals surface area contributed by atoms with Crippen LogP contribution in [-0.4, -0.2) is 21.0 Å². The van der Waals surface area contributed by atoms with Gasteiger partial charge in [-0.15, -0.1) is 12.4 Å². The number of H-pyrrole nitrogens is 1. The third-order valence-electron chi connectivity index (χ3n) is 3.17. The minimum atomic E-state index is -0.0199. The molecule has 0 saturated heterocycles. The highest BCUT2D eigenvalue weighted by Gasteiger charge is 2.17. The predicted molar refractivity (Wildman–Crippen MR) is 94.5 cm³/mol. The highest BCUT2D eigenvalue weighted by molar-refractivity contribution is 6.37. The largest absolute Gasteiger partial charge is 0.467 e. The van der Waals surface area contributed by atoms with Gasteiger partial charge in [-0.05, 0) is 30.7 Å². The van der Waals surface area contributed by atoms with Gasteiger partial charge in [0.2, 0.25) is 5.28 Å². The zero-order valence-corrected chi connectivity index (χ0v) is 14.6. The molecule has 0 fully saturated rings. The molecule has 23 heavy (non-hydrogen) atoms. The molecule has 0 aliphatic rings. The van der Waals surface area contributed by atoms with Crippen LogP contribution < -0.4 is 11.1 Å². The molecule has 1 atom stereocenters. The van der Waals surface area contributed by atoms with Crippen molar-refractivity contribution in [3.63, 3.8) is 0 Å². The van der Waals surface area contributed by atoms with Gasteiger partial charge in [-0.25, -0.2) is 0 Å². The fourth-order valence-electron chi connectivity index (χ4n) is 2.26. The summed E-state index contributed by atoms with van der Waals surface area (Å²) in [7, 11) is 0. The van der Waals surface area contributed by atoms with Crippen molar-refractivity contribution < 1.29 is 4.42 Å². The van der Waals surface area contributed by atoms with Crippen LogP contribution in [0.2, 0.25) is 10.3 Å². The lowest BCUT2D eigenvalue weighted by atomic mass is 10.2. The van der Waals surface area contributed by atoms with Crippen molar-refractivity contribution in [1.82, 2.24) is 15.0 Å². The summed E-state index contributed by atoms with van der Waals surface area (Å²) in [4.78, 5) is 11.6. The van der Waals surface area contributed by atoms with E-state index in [-0.39, 0.29) is 23.7 Å². The van der Waals surface area contributed by atoms with E-state index >= 15 is 0 Å². The Morgan fingerprint density at radius 3 is 2.83 bits per heavy atom. The number of nitrogens with two attached hydrogens (primary N) is 1. The zero-order chi connectivity index (χ0) is 15.7. The van der Waals surface area contributed by atoms with Crippen molar-refractivity contribution in [2.45, 2.75) is 25.9 Å². The molecule has 0 aliphatic heterocycles. The van der Waals surface area contributed by atoms with Gasteiger partial charge < -0.3 is 20.5 Å². The monoisotopic (exact) mass is 375 g/mol. The van der Waals surface area contributed by atoms with Crippen LogP contribution >= 0.6 is 35.6 Å². The first kappa shape index (κ1) is 17.9. The van der Waals surface area contributed by atoms with Gasteiger partial charge in [0, 0.05) is 18.2 Å². The summed E-state index contributed by atoms with van der Waals surface area (Å²) in [6.07, 6.45) is 2.23. The molecule has 0 bridgehead atoms. The van der Waals surface area contributed by atoms with Crippen LogP contribution in [0.5, 0.6) is 0 Å². The number of aromatic amines is 1. The molecule has 6 nitrogen and oxygen atoms in total. The Kier molecular flexibility index (Phi) is 5.75. The lowest BCUT2D eigenvalue weighted by Crippen LogP contribution is -2.18. The van der Waals surface area contributed by atoms with Gasteiger partial charge in [-0.2, -0.15) is 9.97 Å².